The van der Waals surface area contributed by atoms with Crippen molar-refractivity contribution in [2.24, 2.45) is 5.92 Å². The van der Waals surface area contributed by atoms with Crippen molar-refractivity contribution in [1.82, 2.24) is 19.5 Å². The highest BCUT2D eigenvalue weighted by molar-refractivity contribution is 5.79. The molecule has 0 bridgehead atoms. The molecule has 2 aliphatic heterocycles. The third-order valence-electron chi connectivity index (χ3n) is 5.10. The van der Waals surface area contributed by atoms with Crippen molar-refractivity contribution in [3.63, 3.8) is 0 Å². The molecule has 4 heterocycles. The first-order valence-electron chi connectivity index (χ1n) is 8.66. The molecule has 2 aromatic rings. The van der Waals surface area contributed by atoms with E-state index in [4.69, 9.17) is 0 Å². The predicted molar refractivity (Wildman–Crippen MR) is 90.4 cm³/mol. The molecule has 4 rings (SSSR count). The summed E-state index contributed by atoms with van der Waals surface area (Å²) in [5.74, 6) is 0.906. The Balaban J connectivity index is 1.47. The van der Waals surface area contributed by atoms with E-state index in [0.717, 1.165) is 51.9 Å². The Kier molecular flexibility index (Phi) is 3.98. The largest absolute Gasteiger partial charge is 0.368 e. The predicted octanol–water partition coefficient (Wildman–Crippen LogP) is 1.48. The van der Waals surface area contributed by atoms with Crippen molar-refractivity contribution in [3.05, 3.63) is 28.4 Å². The van der Waals surface area contributed by atoms with Gasteiger partial charge in [0.15, 0.2) is 5.82 Å². The number of carbonyl (C=O) groups is 1. The Bertz CT molecular complexity index is 805. The summed E-state index contributed by atoms with van der Waals surface area (Å²) >= 11 is 0. The second-order valence-corrected chi connectivity index (χ2v) is 6.63. The number of fused-ring (bicyclic) bond motifs is 1. The normalized spacial score (nSPS) is 18.9. The fourth-order valence-electron chi connectivity index (χ4n) is 3.70. The number of likely N-dealkylation sites (tertiary alicyclic amines) is 1. The lowest BCUT2D eigenvalue weighted by atomic mass is 9.95. The van der Waals surface area contributed by atoms with Crippen LogP contribution < -0.4 is 4.90 Å². The van der Waals surface area contributed by atoms with Gasteiger partial charge in [0.2, 0.25) is 11.6 Å². The second-order valence-electron chi connectivity index (χ2n) is 6.63. The van der Waals surface area contributed by atoms with Crippen LogP contribution >= 0.6 is 0 Å². The van der Waals surface area contributed by atoms with Gasteiger partial charge in [-0.25, -0.2) is 4.98 Å². The maximum atomic E-state index is 12.5. The zero-order valence-electron chi connectivity index (χ0n) is 13.9. The van der Waals surface area contributed by atoms with Gasteiger partial charge in [0, 0.05) is 38.2 Å². The van der Waals surface area contributed by atoms with Gasteiger partial charge in [-0.15, -0.1) is 0 Å². The van der Waals surface area contributed by atoms with Crippen LogP contribution in [0.5, 0.6) is 0 Å². The average Bonchev–Trinajstić information content (AvgIpc) is 3.30. The maximum Gasteiger partial charge on any atom is 0.368 e. The monoisotopic (exact) mass is 344 g/mol. The summed E-state index contributed by atoms with van der Waals surface area (Å²) in [6.07, 6.45) is 5.02. The molecule has 0 atom stereocenters. The minimum atomic E-state index is -0.488. The van der Waals surface area contributed by atoms with Crippen LogP contribution in [0.4, 0.5) is 11.6 Å². The number of carbonyl (C=O) groups excluding carboxylic acids is 1. The summed E-state index contributed by atoms with van der Waals surface area (Å²) in [4.78, 5) is 31.1. The van der Waals surface area contributed by atoms with E-state index in [1.54, 1.807) is 6.07 Å². The van der Waals surface area contributed by atoms with Gasteiger partial charge >= 0.3 is 5.82 Å². The number of amides is 1. The van der Waals surface area contributed by atoms with Crippen LogP contribution in [0, 0.1) is 16.0 Å². The van der Waals surface area contributed by atoms with Crippen LogP contribution in [0.1, 0.15) is 25.7 Å². The van der Waals surface area contributed by atoms with Crippen LogP contribution in [-0.4, -0.2) is 56.5 Å². The van der Waals surface area contributed by atoms with Gasteiger partial charge in [-0.2, -0.15) is 0 Å². The van der Waals surface area contributed by atoms with E-state index in [1.807, 2.05) is 11.0 Å². The molecule has 2 saturated heterocycles. The molecule has 0 N–H and O–H groups in total. The zero-order chi connectivity index (χ0) is 17.4. The first-order valence-corrected chi connectivity index (χ1v) is 8.66. The summed E-state index contributed by atoms with van der Waals surface area (Å²) < 4.78 is 1.26. The molecular formula is C16H20N6O3. The Morgan fingerprint density at radius 3 is 2.56 bits per heavy atom. The molecule has 1 amide bonds. The second kappa shape index (κ2) is 6.30. The quantitative estimate of drug-likeness (QED) is 0.618. The van der Waals surface area contributed by atoms with Gasteiger partial charge in [-0.1, -0.05) is 9.61 Å². The lowest BCUT2D eigenvalue weighted by Gasteiger charge is -2.33. The molecule has 2 fully saturated rings. The van der Waals surface area contributed by atoms with E-state index in [2.05, 4.69) is 15.0 Å². The Labute approximate surface area is 144 Å². The highest BCUT2D eigenvalue weighted by Gasteiger charge is 2.30. The molecule has 0 aromatic carbocycles. The van der Waals surface area contributed by atoms with E-state index in [9.17, 15) is 14.9 Å². The topological polar surface area (TPSA) is 96.9 Å². The van der Waals surface area contributed by atoms with E-state index >= 15 is 0 Å². The summed E-state index contributed by atoms with van der Waals surface area (Å²) in [5, 5.41) is 15.4. The minimum absolute atomic E-state index is 0.0839. The third-order valence-corrected chi connectivity index (χ3v) is 5.10. The van der Waals surface area contributed by atoms with E-state index in [0.29, 0.717) is 11.5 Å². The Morgan fingerprint density at radius 2 is 1.88 bits per heavy atom. The first kappa shape index (κ1) is 15.8. The van der Waals surface area contributed by atoms with Crippen molar-refractivity contribution in [1.29, 1.82) is 0 Å². The number of aromatic nitrogens is 3. The number of rotatable bonds is 3. The summed E-state index contributed by atoms with van der Waals surface area (Å²) in [6, 6.07) is 3.56. The van der Waals surface area contributed by atoms with Gasteiger partial charge in [-0.05, 0) is 36.7 Å². The fourth-order valence-corrected chi connectivity index (χ4v) is 3.70. The summed E-state index contributed by atoms with van der Waals surface area (Å²) in [7, 11) is 0. The maximum absolute atomic E-state index is 12.5. The van der Waals surface area contributed by atoms with E-state index in [1.165, 1.54) is 10.7 Å². The number of nitro groups is 1. The fraction of sp³-hybridized carbons (Fsp3) is 0.562. The molecule has 0 aliphatic carbocycles. The number of imidazole rings is 1. The number of hydrogen-bond donors (Lipinski definition) is 0. The molecular weight excluding hydrogens is 324 g/mol. The van der Waals surface area contributed by atoms with Crippen molar-refractivity contribution >= 4 is 23.2 Å². The highest BCUT2D eigenvalue weighted by Crippen LogP contribution is 2.25. The highest BCUT2D eigenvalue weighted by atomic mass is 16.6. The van der Waals surface area contributed by atoms with Crippen LogP contribution in [0.3, 0.4) is 0 Å². The van der Waals surface area contributed by atoms with Gasteiger partial charge < -0.3 is 19.9 Å². The molecule has 0 unspecified atom stereocenters. The third kappa shape index (κ3) is 2.90. The average molecular weight is 344 g/mol. The molecule has 2 aliphatic rings. The van der Waals surface area contributed by atoms with E-state index in [-0.39, 0.29) is 17.6 Å². The van der Waals surface area contributed by atoms with Crippen molar-refractivity contribution < 1.29 is 9.72 Å². The van der Waals surface area contributed by atoms with Gasteiger partial charge in [-0.3, -0.25) is 4.79 Å². The Morgan fingerprint density at radius 1 is 1.16 bits per heavy atom. The standard InChI is InChI=1S/C16H20N6O3/c23-16(20-7-1-2-8-20)12-5-9-19(10-6-12)14-4-3-13-17-11-15(22(24)25)21(13)18-14/h3-4,11-12H,1-2,5-10H2. The number of anilines is 1. The van der Waals surface area contributed by atoms with Crippen molar-refractivity contribution in [2.75, 3.05) is 31.1 Å². The molecule has 9 nitrogen and oxygen atoms in total. The summed E-state index contributed by atoms with van der Waals surface area (Å²) in [5.41, 5.74) is 0.453. The van der Waals surface area contributed by atoms with Crippen molar-refractivity contribution in [3.8, 4) is 0 Å². The van der Waals surface area contributed by atoms with Crippen LogP contribution in [0.25, 0.3) is 5.65 Å². The SMILES string of the molecule is O=C(C1CCN(c2ccc3ncc([N+](=O)[O-])n3n2)CC1)N1CCCC1. The number of nitrogens with zero attached hydrogens (tertiary/aromatic N) is 6. The Hall–Kier alpha value is -2.71. The lowest BCUT2D eigenvalue weighted by molar-refractivity contribution is -0.391. The van der Waals surface area contributed by atoms with Gasteiger partial charge in [0.1, 0.15) is 6.20 Å². The molecule has 0 radical (unpaired) electrons. The van der Waals surface area contributed by atoms with E-state index < -0.39 is 4.92 Å². The summed E-state index contributed by atoms with van der Waals surface area (Å²) in [6.45, 7) is 3.24. The smallest absolute Gasteiger partial charge is 0.358 e. The minimum Gasteiger partial charge on any atom is -0.358 e. The number of hydrogen-bond acceptors (Lipinski definition) is 6. The molecule has 0 saturated carbocycles. The van der Waals surface area contributed by atoms with Gasteiger partial charge in [0.05, 0.1) is 0 Å². The van der Waals surface area contributed by atoms with Crippen LogP contribution in [0.2, 0.25) is 0 Å². The number of piperidine rings is 1. The van der Waals surface area contributed by atoms with Crippen molar-refractivity contribution in [2.45, 2.75) is 25.7 Å². The lowest BCUT2D eigenvalue weighted by Crippen LogP contribution is -2.42. The molecule has 2 aromatic heterocycles. The van der Waals surface area contributed by atoms with Crippen LogP contribution in [-0.2, 0) is 4.79 Å². The molecule has 9 heteroatoms. The zero-order valence-corrected chi connectivity index (χ0v) is 13.9. The van der Waals surface area contributed by atoms with Crippen LogP contribution in [0.15, 0.2) is 18.3 Å². The molecule has 25 heavy (non-hydrogen) atoms. The molecule has 0 spiro atoms. The van der Waals surface area contributed by atoms with Gasteiger partial charge in [0.25, 0.3) is 0 Å². The molecule has 132 valence electrons. The first-order chi connectivity index (χ1) is 12.1.